The molecule has 0 atom stereocenters. The fourth-order valence-electron chi connectivity index (χ4n) is 2.59. The van der Waals surface area contributed by atoms with Crippen LogP contribution in [0.25, 0.3) is 0 Å². The van der Waals surface area contributed by atoms with Crippen molar-refractivity contribution in [2.24, 2.45) is 0 Å². The van der Waals surface area contributed by atoms with Gasteiger partial charge in [-0.25, -0.2) is 13.1 Å². The minimum absolute atomic E-state index is 0.0699. The average Bonchev–Trinajstić information content (AvgIpc) is 2.60. The number of amides is 1. The van der Waals surface area contributed by atoms with E-state index in [1.54, 1.807) is 44.2 Å². The van der Waals surface area contributed by atoms with Crippen LogP contribution in [-0.4, -0.2) is 27.0 Å². The summed E-state index contributed by atoms with van der Waals surface area (Å²) >= 11 is 0. The quantitative estimate of drug-likeness (QED) is 0.690. The lowest BCUT2D eigenvalue weighted by atomic mass is 10.1. The van der Waals surface area contributed by atoms with Gasteiger partial charge in [0.2, 0.25) is 10.0 Å². The maximum Gasteiger partial charge on any atom is 0.255 e. The molecule has 6 nitrogen and oxygen atoms in total. The third-order valence-electron chi connectivity index (χ3n) is 3.68. The van der Waals surface area contributed by atoms with Crippen LogP contribution in [0.3, 0.4) is 0 Å². The maximum absolute atomic E-state index is 12.4. The molecule has 0 heterocycles. The molecule has 27 heavy (non-hydrogen) atoms. The van der Waals surface area contributed by atoms with Gasteiger partial charge in [0.05, 0.1) is 17.9 Å². The molecule has 2 rings (SSSR count). The summed E-state index contributed by atoms with van der Waals surface area (Å²) in [5, 5.41) is 2.86. The number of rotatable bonds is 9. The van der Waals surface area contributed by atoms with E-state index in [1.165, 1.54) is 0 Å². The SMILES string of the molecule is CCOc1ccccc1C(=O)NCc1ccc(CS(=O)(=O)NC(C)C)cc1. The first-order valence-corrected chi connectivity index (χ1v) is 10.5. The number of para-hydroxylation sites is 1. The van der Waals surface area contributed by atoms with Crippen molar-refractivity contribution in [3.63, 3.8) is 0 Å². The normalized spacial score (nSPS) is 11.4. The van der Waals surface area contributed by atoms with Crippen molar-refractivity contribution in [1.29, 1.82) is 0 Å². The Morgan fingerprint density at radius 3 is 2.30 bits per heavy atom. The number of carbonyl (C=O) groups excluding carboxylic acids is 1. The van der Waals surface area contributed by atoms with Crippen molar-refractivity contribution >= 4 is 15.9 Å². The molecule has 0 aliphatic rings. The van der Waals surface area contributed by atoms with Gasteiger partial charge >= 0.3 is 0 Å². The summed E-state index contributed by atoms with van der Waals surface area (Å²) in [6.07, 6.45) is 0. The molecule has 2 N–H and O–H groups in total. The lowest BCUT2D eigenvalue weighted by Gasteiger charge is -2.11. The molecule has 2 aromatic rings. The van der Waals surface area contributed by atoms with Gasteiger partial charge in [0.1, 0.15) is 5.75 Å². The van der Waals surface area contributed by atoms with Gasteiger partial charge in [0.25, 0.3) is 5.91 Å². The first kappa shape index (κ1) is 20.9. The van der Waals surface area contributed by atoms with Crippen LogP contribution in [-0.2, 0) is 22.3 Å². The van der Waals surface area contributed by atoms with Crippen molar-refractivity contribution in [3.8, 4) is 5.75 Å². The monoisotopic (exact) mass is 390 g/mol. The third kappa shape index (κ3) is 6.69. The van der Waals surface area contributed by atoms with Gasteiger partial charge in [-0.3, -0.25) is 4.79 Å². The largest absolute Gasteiger partial charge is 0.493 e. The molecule has 7 heteroatoms. The Labute approximate surface area is 161 Å². The highest BCUT2D eigenvalue weighted by atomic mass is 32.2. The Bertz CT molecular complexity index is 862. The zero-order valence-corrected chi connectivity index (χ0v) is 16.7. The van der Waals surface area contributed by atoms with E-state index in [0.29, 0.717) is 30.0 Å². The molecule has 2 aromatic carbocycles. The number of nitrogens with one attached hydrogen (secondary N) is 2. The van der Waals surface area contributed by atoms with Gasteiger partial charge in [-0.1, -0.05) is 36.4 Å². The van der Waals surface area contributed by atoms with E-state index in [0.717, 1.165) is 5.56 Å². The molecule has 0 aromatic heterocycles. The van der Waals surface area contributed by atoms with Gasteiger partial charge in [0, 0.05) is 12.6 Å². The second-order valence-corrected chi connectivity index (χ2v) is 8.21. The minimum atomic E-state index is -3.35. The van der Waals surface area contributed by atoms with E-state index < -0.39 is 10.0 Å². The van der Waals surface area contributed by atoms with Crippen molar-refractivity contribution < 1.29 is 17.9 Å². The van der Waals surface area contributed by atoms with Crippen LogP contribution >= 0.6 is 0 Å². The predicted molar refractivity (Wildman–Crippen MR) is 106 cm³/mol. The molecular weight excluding hydrogens is 364 g/mol. The van der Waals surface area contributed by atoms with E-state index in [4.69, 9.17) is 4.74 Å². The van der Waals surface area contributed by atoms with Gasteiger partial charge in [-0.15, -0.1) is 0 Å². The standard InChI is InChI=1S/C20H26N2O4S/c1-4-26-19-8-6-5-7-18(19)20(23)21-13-16-9-11-17(12-10-16)14-27(24,25)22-15(2)3/h5-12,15,22H,4,13-14H2,1-3H3,(H,21,23). The first-order valence-electron chi connectivity index (χ1n) is 8.88. The number of hydrogen-bond donors (Lipinski definition) is 2. The topological polar surface area (TPSA) is 84.5 Å². The second kappa shape index (κ2) is 9.53. The van der Waals surface area contributed by atoms with Gasteiger partial charge in [-0.05, 0) is 44.0 Å². The summed E-state index contributed by atoms with van der Waals surface area (Å²) in [4.78, 5) is 12.4. The van der Waals surface area contributed by atoms with Gasteiger partial charge < -0.3 is 10.1 Å². The predicted octanol–water partition coefficient (Wildman–Crippen LogP) is 2.84. The molecule has 0 saturated heterocycles. The zero-order valence-electron chi connectivity index (χ0n) is 15.9. The Morgan fingerprint density at radius 1 is 1.04 bits per heavy atom. The first-order chi connectivity index (χ1) is 12.8. The van der Waals surface area contributed by atoms with E-state index in [2.05, 4.69) is 10.0 Å². The van der Waals surface area contributed by atoms with Crippen LogP contribution in [0.2, 0.25) is 0 Å². The number of benzene rings is 2. The lowest BCUT2D eigenvalue weighted by molar-refractivity contribution is 0.0947. The summed E-state index contributed by atoms with van der Waals surface area (Å²) in [5.41, 5.74) is 2.07. The summed E-state index contributed by atoms with van der Waals surface area (Å²) in [5.74, 6) is 0.266. The molecule has 0 unspecified atom stereocenters. The highest BCUT2D eigenvalue weighted by molar-refractivity contribution is 7.88. The minimum Gasteiger partial charge on any atom is -0.493 e. The molecule has 0 spiro atoms. The highest BCUT2D eigenvalue weighted by Gasteiger charge is 2.14. The van der Waals surface area contributed by atoms with Crippen molar-refractivity contribution in [2.75, 3.05) is 6.61 Å². The summed E-state index contributed by atoms with van der Waals surface area (Å²) in [6, 6.07) is 14.1. The Balaban J connectivity index is 1.96. The van der Waals surface area contributed by atoms with Crippen LogP contribution in [0.4, 0.5) is 0 Å². The molecule has 0 saturated carbocycles. The van der Waals surface area contributed by atoms with Crippen LogP contribution in [0.5, 0.6) is 5.75 Å². The highest BCUT2D eigenvalue weighted by Crippen LogP contribution is 2.18. The molecule has 146 valence electrons. The number of carbonyl (C=O) groups is 1. The van der Waals surface area contributed by atoms with Crippen LogP contribution < -0.4 is 14.8 Å². The van der Waals surface area contributed by atoms with Crippen molar-refractivity contribution in [2.45, 2.75) is 39.1 Å². The smallest absolute Gasteiger partial charge is 0.255 e. The van der Waals surface area contributed by atoms with Crippen LogP contribution in [0.15, 0.2) is 48.5 Å². The third-order valence-corrected chi connectivity index (χ3v) is 5.22. The molecule has 0 radical (unpaired) electrons. The maximum atomic E-state index is 12.4. The summed E-state index contributed by atoms with van der Waals surface area (Å²) in [6.45, 7) is 6.27. The van der Waals surface area contributed by atoms with Gasteiger partial charge in [0.15, 0.2) is 0 Å². The van der Waals surface area contributed by atoms with Gasteiger partial charge in [-0.2, -0.15) is 0 Å². The Hall–Kier alpha value is -2.38. The number of ether oxygens (including phenoxy) is 1. The molecule has 0 fully saturated rings. The fraction of sp³-hybridized carbons (Fsp3) is 0.350. The lowest BCUT2D eigenvalue weighted by Crippen LogP contribution is -2.31. The van der Waals surface area contributed by atoms with Crippen LogP contribution in [0, 0.1) is 0 Å². The molecule has 0 aliphatic carbocycles. The van der Waals surface area contributed by atoms with Crippen molar-refractivity contribution in [3.05, 3.63) is 65.2 Å². The zero-order chi connectivity index (χ0) is 19.9. The Kier molecular flexibility index (Phi) is 7.38. The fourth-order valence-corrected chi connectivity index (χ4v) is 4.02. The molecule has 1 amide bonds. The molecule has 0 aliphatic heterocycles. The summed E-state index contributed by atoms with van der Waals surface area (Å²) in [7, 11) is -3.35. The van der Waals surface area contributed by atoms with E-state index in [1.807, 2.05) is 25.1 Å². The second-order valence-electron chi connectivity index (χ2n) is 6.46. The van der Waals surface area contributed by atoms with Crippen LogP contribution in [0.1, 0.15) is 42.3 Å². The van der Waals surface area contributed by atoms with Crippen molar-refractivity contribution in [1.82, 2.24) is 10.0 Å². The van der Waals surface area contributed by atoms with E-state index in [9.17, 15) is 13.2 Å². The van der Waals surface area contributed by atoms with E-state index in [-0.39, 0.29) is 17.7 Å². The molecular formula is C20H26N2O4S. The summed E-state index contributed by atoms with van der Waals surface area (Å²) < 4.78 is 32.0. The average molecular weight is 391 g/mol. The number of hydrogen-bond acceptors (Lipinski definition) is 4. The van der Waals surface area contributed by atoms with E-state index >= 15 is 0 Å². The Morgan fingerprint density at radius 2 is 1.67 bits per heavy atom. The molecule has 0 bridgehead atoms. The number of sulfonamides is 1.